The fraction of sp³-hybridized carbons (Fsp3) is 0.812. The van der Waals surface area contributed by atoms with E-state index >= 15 is 0 Å². The molecule has 1 fully saturated rings. The predicted molar refractivity (Wildman–Crippen MR) is 95.1 cm³/mol. The van der Waals surface area contributed by atoms with Gasteiger partial charge in [0.05, 0.1) is 0 Å². The molecule has 0 saturated carbocycles. The fourth-order valence-electron chi connectivity index (χ4n) is 2.34. The number of hydrogen-bond acceptors (Lipinski definition) is 8. The van der Waals surface area contributed by atoms with E-state index in [1.165, 1.54) is 20.8 Å². The lowest BCUT2D eigenvalue weighted by Crippen LogP contribution is -2.60. The minimum atomic E-state index is -0.895. The van der Waals surface area contributed by atoms with Crippen molar-refractivity contribution in [2.45, 2.75) is 69.1 Å². The number of esters is 3. The van der Waals surface area contributed by atoms with E-state index in [1.807, 2.05) is 6.92 Å². The molecular weight excluding hydrogens is 447 g/mol. The van der Waals surface area contributed by atoms with Gasteiger partial charge in [-0.15, -0.1) is 0 Å². The molecule has 0 spiro atoms. The Hall–Kier alpha value is -0.940. The summed E-state index contributed by atoms with van der Waals surface area (Å²) in [4.78, 5) is 34.1. The zero-order valence-electron chi connectivity index (χ0n) is 14.9. The van der Waals surface area contributed by atoms with Gasteiger partial charge in [0.15, 0.2) is 18.5 Å². The zero-order valence-corrected chi connectivity index (χ0v) is 17.0. The van der Waals surface area contributed by atoms with E-state index in [0.717, 1.165) is 12.8 Å². The second-order valence-electron chi connectivity index (χ2n) is 5.66. The van der Waals surface area contributed by atoms with Crippen LogP contribution in [-0.2, 0) is 38.1 Å². The zero-order chi connectivity index (χ0) is 19.0. The third-order valence-corrected chi connectivity index (χ3v) is 4.70. The SMILES string of the molecule is CCCCO[C@H]1O[C@H](COC(C)=O)[C@@H](OC(C)=O)[C@H](OC(C)=O)[C@@H]1I. The van der Waals surface area contributed by atoms with Gasteiger partial charge in [-0.05, 0) is 6.42 Å². The Bertz CT molecular complexity index is 469. The summed E-state index contributed by atoms with van der Waals surface area (Å²) in [5.74, 6) is -1.55. The normalized spacial score (nSPS) is 28.9. The standard InChI is InChI=1S/C16H25IO8/c1-5-6-7-21-16-13(17)15(24-11(4)20)14(23-10(3)19)12(25-16)8-22-9(2)18/h12-16H,5-8H2,1-4H3/t12-,13+,14-,15-,16+/m1/s1. The highest BCUT2D eigenvalue weighted by atomic mass is 127. The topological polar surface area (TPSA) is 97.4 Å². The van der Waals surface area contributed by atoms with Crippen LogP contribution >= 0.6 is 22.6 Å². The van der Waals surface area contributed by atoms with E-state index < -0.39 is 46.4 Å². The molecule has 8 nitrogen and oxygen atoms in total. The average molecular weight is 472 g/mol. The number of halogens is 1. The van der Waals surface area contributed by atoms with Gasteiger partial charge in [0.25, 0.3) is 0 Å². The summed E-state index contributed by atoms with van der Waals surface area (Å²) in [5.41, 5.74) is 0. The van der Waals surface area contributed by atoms with Crippen molar-refractivity contribution < 1.29 is 38.1 Å². The molecule has 9 heteroatoms. The van der Waals surface area contributed by atoms with Crippen LogP contribution in [0.25, 0.3) is 0 Å². The molecule has 1 aliphatic heterocycles. The van der Waals surface area contributed by atoms with E-state index in [1.54, 1.807) is 0 Å². The molecule has 1 rings (SSSR count). The van der Waals surface area contributed by atoms with Crippen molar-refractivity contribution in [3.8, 4) is 0 Å². The van der Waals surface area contributed by atoms with Crippen LogP contribution in [0.15, 0.2) is 0 Å². The molecular formula is C16H25IO8. The molecule has 0 unspecified atom stereocenters. The Morgan fingerprint density at radius 3 is 2.12 bits per heavy atom. The first kappa shape index (κ1) is 22.1. The van der Waals surface area contributed by atoms with Crippen molar-refractivity contribution in [2.24, 2.45) is 0 Å². The Morgan fingerprint density at radius 1 is 1.00 bits per heavy atom. The van der Waals surface area contributed by atoms with Crippen molar-refractivity contribution in [3.05, 3.63) is 0 Å². The summed E-state index contributed by atoms with van der Waals surface area (Å²) < 4.78 is 26.9. The highest BCUT2D eigenvalue weighted by molar-refractivity contribution is 14.1. The van der Waals surface area contributed by atoms with Crippen LogP contribution in [0.3, 0.4) is 0 Å². The second-order valence-corrected chi connectivity index (χ2v) is 7.10. The van der Waals surface area contributed by atoms with Gasteiger partial charge in [-0.3, -0.25) is 14.4 Å². The summed E-state index contributed by atoms with van der Waals surface area (Å²) >= 11 is 2.05. The molecule has 1 heterocycles. The largest absolute Gasteiger partial charge is 0.463 e. The number of alkyl halides is 1. The number of ether oxygens (including phenoxy) is 5. The minimum absolute atomic E-state index is 0.137. The van der Waals surface area contributed by atoms with Gasteiger partial charge in [0.1, 0.15) is 16.6 Å². The van der Waals surface area contributed by atoms with Gasteiger partial charge >= 0.3 is 17.9 Å². The number of hydrogen-bond donors (Lipinski definition) is 0. The molecule has 0 bridgehead atoms. The highest BCUT2D eigenvalue weighted by Crippen LogP contribution is 2.32. The molecule has 0 aromatic heterocycles. The Balaban J connectivity index is 2.98. The molecule has 0 N–H and O–H groups in total. The quantitative estimate of drug-likeness (QED) is 0.173. The summed E-state index contributed by atoms with van der Waals surface area (Å²) in [6.07, 6.45) is -1.34. The maximum absolute atomic E-state index is 11.5. The van der Waals surface area contributed by atoms with Crippen LogP contribution in [0.2, 0.25) is 0 Å². The number of carbonyl (C=O) groups is 3. The lowest BCUT2D eigenvalue weighted by molar-refractivity contribution is -0.260. The second kappa shape index (κ2) is 10.9. The van der Waals surface area contributed by atoms with E-state index in [4.69, 9.17) is 23.7 Å². The van der Waals surface area contributed by atoms with Crippen molar-refractivity contribution >= 4 is 40.5 Å². The summed E-state index contributed by atoms with van der Waals surface area (Å²) in [5, 5.41) is 0. The smallest absolute Gasteiger partial charge is 0.303 e. The molecule has 1 aliphatic rings. The Labute approximate surface area is 161 Å². The van der Waals surface area contributed by atoms with Crippen molar-refractivity contribution in [1.82, 2.24) is 0 Å². The number of rotatable bonds is 8. The molecule has 25 heavy (non-hydrogen) atoms. The summed E-state index contributed by atoms with van der Waals surface area (Å²) in [7, 11) is 0. The fourth-order valence-corrected chi connectivity index (χ4v) is 3.27. The molecule has 0 aliphatic carbocycles. The van der Waals surface area contributed by atoms with E-state index in [9.17, 15) is 14.4 Å². The van der Waals surface area contributed by atoms with Crippen LogP contribution in [-0.4, -0.2) is 59.6 Å². The van der Waals surface area contributed by atoms with Crippen LogP contribution in [0, 0.1) is 0 Å². The molecule has 5 atom stereocenters. The van der Waals surface area contributed by atoms with Gasteiger partial charge < -0.3 is 23.7 Å². The van der Waals surface area contributed by atoms with Crippen LogP contribution in [0.1, 0.15) is 40.5 Å². The van der Waals surface area contributed by atoms with Gasteiger partial charge in [-0.25, -0.2) is 0 Å². The van der Waals surface area contributed by atoms with E-state index in [2.05, 4.69) is 22.6 Å². The monoisotopic (exact) mass is 472 g/mol. The lowest BCUT2D eigenvalue weighted by Gasteiger charge is -2.43. The maximum atomic E-state index is 11.5. The van der Waals surface area contributed by atoms with Crippen LogP contribution in [0.5, 0.6) is 0 Å². The first-order valence-electron chi connectivity index (χ1n) is 8.15. The molecule has 0 aromatic carbocycles. The maximum Gasteiger partial charge on any atom is 0.303 e. The summed E-state index contributed by atoms with van der Waals surface area (Å²) in [6, 6.07) is 0. The molecule has 144 valence electrons. The molecule has 0 radical (unpaired) electrons. The number of unbranched alkanes of at least 4 members (excludes halogenated alkanes) is 1. The first-order valence-corrected chi connectivity index (χ1v) is 9.39. The third kappa shape index (κ3) is 7.45. The molecule has 0 amide bonds. The van der Waals surface area contributed by atoms with Gasteiger partial charge in [0, 0.05) is 27.4 Å². The van der Waals surface area contributed by atoms with Crippen molar-refractivity contribution in [1.29, 1.82) is 0 Å². The average Bonchev–Trinajstić information content (AvgIpc) is 2.51. The van der Waals surface area contributed by atoms with E-state index in [0.29, 0.717) is 6.61 Å². The van der Waals surface area contributed by atoms with Gasteiger partial charge in [-0.2, -0.15) is 0 Å². The van der Waals surface area contributed by atoms with Crippen LogP contribution in [0.4, 0.5) is 0 Å². The van der Waals surface area contributed by atoms with Crippen molar-refractivity contribution in [3.63, 3.8) is 0 Å². The predicted octanol–water partition coefficient (Wildman–Crippen LogP) is 1.76. The van der Waals surface area contributed by atoms with Crippen molar-refractivity contribution in [2.75, 3.05) is 13.2 Å². The van der Waals surface area contributed by atoms with Crippen LogP contribution < -0.4 is 0 Å². The van der Waals surface area contributed by atoms with E-state index in [-0.39, 0.29) is 6.61 Å². The summed E-state index contributed by atoms with van der Waals surface area (Å²) in [6.45, 7) is 6.17. The highest BCUT2D eigenvalue weighted by Gasteiger charge is 2.49. The van der Waals surface area contributed by atoms with Gasteiger partial charge in [0.2, 0.25) is 0 Å². The van der Waals surface area contributed by atoms with Gasteiger partial charge in [-0.1, -0.05) is 35.9 Å². The molecule has 1 saturated heterocycles. The number of carbonyl (C=O) groups excluding carboxylic acids is 3. The first-order chi connectivity index (χ1) is 11.8. The Kier molecular flexibility index (Phi) is 9.65. The Morgan fingerprint density at radius 2 is 1.60 bits per heavy atom. The molecule has 0 aromatic rings. The minimum Gasteiger partial charge on any atom is -0.463 e. The lowest BCUT2D eigenvalue weighted by atomic mass is 10.0. The third-order valence-electron chi connectivity index (χ3n) is 3.41.